The van der Waals surface area contributed by atoms with Crippen molar-refractivity contribution in [2.75, 3.05) is 0 Å². The van der Waals surface area contributed by atoms with Crippen LogP contribution in [0.1, 0.15) is 77.6 Å². The maximum Gasteiger partial charge on any atom is 0.303 e. The SMILES string of the molecule is CCCCC[C@H]1C(=O)C[C@@H](O)[C@H]1/C=C/[C@@H](O)CCCCCCC(=O)O. The second kappa shape index (κ2) is 12.2. The summed E-state index contributed by atoms with van der Waals surface area (Å²) in [5.41, 5.74) is 0. The van der Waals surface area contributed by atoms with Gasteiger partial charge in [0.05, 0.1) is 12.2 Å². The highest BCUT2D eigenvalue weighted by atomic mass is 16.4. The molecule has 1 aliphatic carbocycles. The van der Waals surface area contributed by atoms with E-state index in [9.17, 15) is 19.8 Å². The zero-order valence-corrected chi connectivity index (χ0v) is 15.4. The van der Waals surface area contributed by atoms with E-state index in [4.69, 9.17) is 5.11 Å². The molecule has 0 saturated heterocycles. The minimum atomic E-state index is -0.763. The fourth-order valence-electron chi connectivity index (χ4n) is 3.54. The van der Waals surface area contributed by atoms with Gasteiger partial charge in [-0.2, -0.15) is 0 Å². The first kappa shape index (κ1) is 21.8. The van der Waals surface area contributed by atoms with Gasteiger partial charge in [-0.1, -0.05) is 57.6 Å². The first-order valence-electron chi connectivity index (χ1n) is 9.74. The van der Waals surface area contributed by atoms with E-state index >= 15 is 0 Å². The molecule has 1 rings (SSSR count). The quantitative estimate of drug-likeness (QED) is 0.348. The third-order valence-corrected chi connectivity index (χ3v) is 5.05. The molecular weight excluding hydrogens is 320 g/mol. The largest absolute Gasteiger partial charge is 0.481 e. The monoisotopic (exact) mass is 354 g/mol. The van der Waals surface area contributed by atoms with Crippen molar-refractivity contribution in [1.29, 1.82) is 0 Å². The molecular formula is C20H34O5. The van der Waals surface area contributed by atoms with Gasteiger partial charge in [0.25, 0.3) is 0 Å². The number of hydrogen-bond acceptors (Lipinski definition) is 4. The Bertz CT molecular complexity index is 432. The standard InChI is InChI=1S/C20H34O5/c1-2-3-6-10-16-17(19(23)14-18(16)22)13-12-15(21)9-7-4-5-8-11-20(24)25/h12-13,15-17,19,21,23H,2-11,14H2,1H3,(H,24,25)/b13-12+/t15-,16+,17-,19+/m0/s1. The van der Waals surface area contributed by atoms with Crippen LogP contribution in [0.2, 0.25) is 0 Å². The predicted molar refractivity (Wildman–Crippen MR) is 97.2 cm³/mol. The first-order chi connectivity index (χ1) is 12.0. The summed E-state index contributed by atoms with van der Waals surface area (Å²) >= 11 is 0. The van der Waals surface area contributed by atoms with E-state index in [-0.39, 0.29) is 30.5 Å². The maximum atomic E-state index is 12.1. The Labute approximate surface area is 151 Å². The van der Waals surface area contributed by atoms with Crippen LogP contribution in [0.5, 0.6) is 0 Å². The molecule has 0 heterocycles. The lowest BCUT2D eigenvalue weighted by Gasteiger charge is -2.18. The summed E-state index contributed by atoms with van der Waals surface area (Å²) < 4.78 is 0. The first-order valence-corrected chi connectivity index (χ1v) is 9.74. The summed E-state index contributed by atoms with van der Waals surface area (Å²) in [4.78, 5) is 22.5. The number of carboxylic acid groups (broad SMARTS) is 1. The van der Waals surface area contributed by atoms with Crippen molar-refractivity contribution in [2.45, 2.75) is 89.8 Å². The highest BCUT2D eigenvalue weighted by molar-refractivity contribution is 5.84. The third-order valence-electron chi connectivity index (χ3n) is 5.05. The summed E-state index contributed by atoms with van der Waals surface area (Å²) in [6, 6.07) is 0. The summed E-state index contributed by atoms with van der Waals surface area (Å²) in [7, 11) is 0. The van der Waals surface area contributed by atoms with E-state index < -0.39 is 18.2 Å². The van der Waals surface area contributed by atoms with E-state index in [0.717, 1.165) is 44.9 Å². The minimum Gasteiger partial charge on any atom is -0.481 e. The van der Waals surface area contributed by atoms with Crippen molar-refractivity contribution in [3.05, 3.63) is 12.2 Å². The maximum absolute atomic E-state index is 12.1. The molecule has 1 fully saturated rings. The number of carbonyl (C=O) groups excluding carboxylic acids is 1. The lowest BCUT2D eigenvalue weighted by atomic mass is 9.88. The van der Waals surface area contributed by atoms with Crippen LogP contribution in [-0.2, 0) is 9.59 Å². The molecule has 4 atom stereocenters. The summed E-state index contributed by atoms with van der Waals surface area (Å²) in [5, 5.41) is 28.7. The van der Waals surface area contributed by atoms with Crippen molar-refractivity contribution in [1.82, 2.24) is 0 Å². The molecule has 3 N–H and O–H groups in total. The van der Waals surface area contributed by atoms with Crippen molar-refractivity contribution in [2.24, 2.45) is 11.8 Å². The fraction of sp³-hybridized carbons (Fsp3) is 0.800. The zero-order chi connectivity index (χ0) is 18.7. The average molecular weight is 354 g/mol. The Morgan fingerprint density at radius 3 is 2.60 bits per heavy atom. The molecule has 0 radical (unpaired) electrons. The van der Waals surface area contributed by atoms with Gasteiger partial charge >= 0.3 is 5.97 Å². The van der Waals surface area contributed by atoms with E-state index in [1.807, 2.05) is 6.08 Å². The number of aliphatic hydroxyl groups is 2. The highest BCUT2D eigenvalue weighted by Gasteiger charge is 2.39. The molecule has 0 aliphatic heterocycles. The number of unbranched alkanes of at least 4 members (excludes halogenated alkanes) is 5. The molecule has 1 aliphatic rings. The summed E-state index contributed by atoms with van der Waals surface area (Å²) in [5.74, 6) is -0.900. The molecule has 5 nitrogen and oxygen atoms in total. The highest BCUT2D eigenvalue weighted by Crippen LogP contribution is 2.34. The van der Waals surface area contributed by atoms with Gasteiger partial charge in [-0.15, -0.1) is 0 Å². The number of Topliss-reactive ketones (excluding diaryl/α,β-unsaturated/α-hetero) is 1. The number of hydrogen-bond donors (Lipinski definition) is 3. The molecule has 0 aromatic rings. The number of aliphatic carboxylic acids is 1. The number of ketones is 1. The molecule has 25 heavy (non-hydrogen) atoms. The normalized spacial score (nSPS) is 24.9. The van der Waals surface area contributed by atoms with Gasteiger partial charge in [0.2, 0.25) is 0 Å². The Morgan fingerprint density at radius 2 is 1.92 bits per heavy atom. The van der Waals surface area contributed by atoms with Crippen LogP contribution >= 0.6 is 0 Å². The van der Waals surface area contributed by atoms with Crippen LogP contribution in [0.3, 0.4) is 0 Å². The van der Waals surface area contributed by atoms with Crippen LogP contribution in [0.4, 0.5) is 0 Å². The van der Waals surface area contributed by atoms with Crippen LogP contribution in [-0.4, -0.2) is 39.3 Å². The second-order valence-corrected chi connectivity index (χ2v) is 7.22. The van der Waals surface area contributed by atoms with Gasteiger partial charge in [0.15, 0.2) is 0 Å². The van der Waals surface area contributed by atoms with Gasteiger partial charge in [-0.3, -0.25) is 9.59 Å². The van der Waals surface area contributed by atoms with E-state index in [1.165, 1.54) is 0 Å². The van der Waals surface area contributed by atoms with Gasteiger partial charge in [-0.25, -0.2) is 0 Å². The topological polar surface area (TPSA) is 94.8 Å². The minimum absolute atomic E-state index is 0.110. The number of carboxylic acids is 1. The Balaban J connectivity index is 2.33. The van der Waals surface area contributed by atoms with Crippen LogP contribution < -0.4 is 0 Å². The molecule has 0 amide bonds. The fourth-order valence-corrected chi connectivity index (χ4v) is 3.54. The van der Waals surface area contributed by atoms with Crippen molar-refractivity contribution in [3.8, 4) is 0 Å². The van der Waals surface area contributed by atoms with Crippen LogP contribution in [0.15, 0.2) is 12.2 Å². The number of rotatable bonds is 13. The molecule has 0 aromatic heterocycles. The van der Waals surface area contributed by atoms with Crippen LogP contribution in [0.25, 0.3) is 0 Å². The van der Waals surface area contributed by atoms with Gasteiger partial charge in [0, 0.05) is 24.7 Å². The van der Waals surface area contributed by atoms with E-state index in [1.54, 1.807) is 6.08 Å². The molecule has 0 bridgehead atoms. The van der Waals surface area contributed by atoms with Crippen molar-refractivity contribution >= 4 is 11.8 Å². The summed E-state index contributed by atoms with van der Waals surface area (Å²) in [6.45, 7) is 2.13. The molecule has 0 spiro atoms. The number of aliphatic hydroxyl groups excluding tert-OH is 2. The van der Waals surface area contributed by atoms with E-state index in [2.05, 4.69) is 6.92 Å². The second-order valence-electron chi connectivity index (χ2n) is 7.22. The Morgan fingerprint density at radius 1 is 1.20 bits per heavy atom. The predicted octanol–water partition coefficient (Wildman–Crippen LogP) is 3.48. The summed E-state index contributed by atoms with van der Waals surface area (Å²) in [6.07, 6.45) is 10.7. The zero-order valence-electron chi connectivity index (χ0n) is 15.4. The smallest absolute Gasteiger partial charge is 0.303 e. The number of carbonyl (C=O) groups is 2. The molecule has 1 saturated carbocycles. The van der Waals surface area contributed by atoms with Gasteiger partial charge in [-0.05, 0) is 19.3 Å². The van der Waals surface area contributed by atoms with Gasteiger partial charge < -0.3 is 15.3 Å². The van der Waals surface area contributed by atoms with Gasteiger partial charge in [0.1, 0.15) is 5.78 Å². The lowest BCUT2D eigenvalue weighted by Crippen LogP contribution is -2.19. The molecule has 144 valence electrons. The van der Waals surface area contributed by atoms with Crippen molar-refractivity contribution in [3.63, 3.8) is 0 Å². The van der Waals surface area contributed by atoms with Crippen molar-refractivity contribution < 1.29 is 24.9 Å². The third kappa shape index (κ3) is 8.63. The molecule has 0 aromatic carbocycles. The van der Waals surface area contributed by atoms with Crippen LogP contribution in [0, 0.1) is 11.8 Å². The molecule has 5 heteroatoms. The Hall–Kier alpha value is -1.20. The lowest BCUT2D eigenvalue weighted by molar-refractivity contribution is -0.137. The Kier molecular flexibility index (Phi) is 10.7. The molecule has 0 unspecified atom stereocenters. The average Bonchev–Trinajstić information content (AvgIpc) is 2.82. The van der Waals surface area contributed by atoms with E-state index in [0.29, 0.717) is 12.8 Å².